The summed E-state index contributed by atoms with van der Waals surface area (Å²) in [6.07, 6.45) is 7.12. The Morgan fingerprint density at radius 3 is 2.73 bits per heavy atom. The van der Waals surface area contributed by atoms with Gasteiger partial charge in [0.1, 0.15) is 0 Å². The fraction of sp³-hybridized carbons (Fsp3) is 0.138. The van der Waals surface area contributed by atoms with E-state index in [0.29, 0.717) is 40.3 Å². The predicted octanol–water partition coefficient (Wildman–Crippen LogP) is 2.24. The minimum atomic E-state index is -0.703. The molecule has 12 heteroatoms. The number of fused-ring (bicyclic) bond motifs is 2. The van der Waals surface area contributed by atoms with Gasteiger partial charge in [-0.25, -0.2) is 19.3 Å². The van der Waals surface area contributed by atoms with Gasteiger partial charge in [-0.15, -0.1) is 0 Å². The van der Waals surface area contributed by atoms with Crippen molar-refractivity contribution in [1.82, 2.24) is 34.4 Å². The third kappa shape index (κ3) is 4.87. The number of imidazole rings is 1. The Bertz CT molecular complexity index is 1940. The van der Waals surface area contributed by atoms with Crippen LogP contribution in [0.3, 0.4) is 0 Å². The molecule has 0 radical (unpaired) electrons. The monoisotopic (exact) mass is 546 g/mol. The summed E-state index contributed by atoms with van der Waals surface area (Å²) in [4.78, 5) is 36.5. The smallest absolute Gasteiger partial charge is 0.281 e. The molecule has 0 fully saturated rings. The van der Waals surface area contributed by atoms with E-state index in [4.69, 9.17) is 10.7 Å². The van der Waals surface area contributed by atoms with Crippen LogP contribution in [0.5, 0.6) is 0 Å². The maximum absolute atomic E-state index is 14.1. The van der Waals surface area contributed by atoms with Crippen molar-refractivity contribution in [2.45, 2.75) is 13.0 Å². The molecule has 41 heavy (non-hydrogen) atoms. The molecule has 0 saturated heterocycles. The molecular formula is C29H26N10O2. The SMILES string of the molecule is CC(NC(=O)c1c(N)nc2n1NCC=C2)c1nc2cccc(C#Cc3cnn(C)c3)c2c(=O)n1Nc1ccccc1. The highest BCUT2D eigenvalue weighted by atomic mass is 16.2. The predicted molar refractivity (Wildman–Crippen MR) is 156 cm³/mol. The zero-order valence-corrected chi connectivity index (χ0v) is 22.3. The number of rotatable bonds is 5. The molecule has 1 unspecified atom stereocenters. The quantitative estimate of drug-likeness (QED) is 0.245. The number of anilines is 2. The second-order valence-corrected chi connectivity index (χ2v) is 9.44. The summed E-state index contributed by atoms with van der Waals surface area (Å²) in [5, 5.41) is 7.42. The standard InChI is InChI=1S/C29H26N10O2/c1-18(33-28(40)25-26(30)35-23-12-7-15-31-38(23)25)27-34-22-11-6-8-20(14-13-19-16-32-37(2)17-19)24(22)29(41)39(27)36-21-9-4-3-5-10-21/h3-12,16-18,31,36H,15,30H2,1-2H3,(H,33,40). The number of nitrogens with two attached hydrogens (primary N) is 1. The van der Waals surface area contributed by atoms with E-state index in [0.717, 1.165) is 5.56 Å². The molecule has 0 bridgehead atoms. The van der Waals surface area contributed by atoms with Crippen LogP contribution in [0, 0.1) is 11.8 Å². The summed E-state index contributed by atoms with van der Waals surface area (Å²) >= 11 is 0. The number of carbonyl (C=O) groups excluding carboxylic acids is 1. The van der Waals surface area contributed by atoms with Crippen molar-refractivity contribution in [2.24, 2.45) is 7.05 Å². The summed E-state index contributed by atoms with van der Waals surface area (Å²) in [6, 6.07) is 13.9. The molecule has 5 N–H and O–H groups in total. The second kappa shape index (κ2) is 10.4. The maximum Gasteiger partial charge on any atom is 0.281 e. The molecule has 1 atom stereocenters. The summed E-state index contributed by atoms with van der Waals surface area (Å²) in [5.74, 6) is 6.60. The van der Waals surface area contributed by atoms with Crippen LogP contribution in [-0.2, 0) is 7.05 Å². The van der Waals surface area contributed by atoms with Crippen LogP contribution >= 0.6 is 0 Å². The number of hydrogen-bond acceptors (Lipinski definition) is 8. The minimum absolute atomic E-state index is 0.0897. The number of aryl methyl sites for hydroxylation is 1. The first kappa shape index (κ1) is 25.4. The normalized spacial score (nSPS) is 12.6. The van der Waals surface area contributed by atoms with Crippen molar-refractivity contribution in [1.29, 1.82) is 0 Å². The Hall–Kier alpha value is -5.83. The van der Waals surface area contributed by atoms with Gasteiger partial charge >= 0.3 is 0 Å². The molecule has 2 aromatic carbocycles. The summed E-state index contributed by atoms with van der Waals surface area (Å²) in [7, 11) is 1.81. The molecule has 1 aliphatic heterocycles. The number of nitrogens with one attached hydrogen (secondary N) is 3. The number of para-hydroxylation sites is 1. The van der Waals surface area contributed by atoms with Crippen LogP contribution in [0.2, 0.25) is 0 Å². The first-order valence-electron chi connectivity index (χ1n) is 12.9. The Morgan fingerprint density at radius 1 is 1.12 bits per heavy atom. The fourth-order valence-corrected chi connectivity index (χ4v) is 4.60. The summed E-state index contributed by atoms with van der Waals surface area (Å²) < 4.78 is 4.55. The number of nitrogens with zero attached hydrogens (tertiary/aromatic N) is 6. The third-order valence-electron chi connectivity index (χ3n) is 6.50. The van der Waals surface area contributed by atoms with Crippen molar-refractivity contribution >= 4 is 34.4 Å². The van der Waals surface area contributed by atoms with Crippen molar-refractivity contribution < 1.29 is 4.79 Å². The molecule has 204 valence electrons. The van der Waals surface area contributed by atoms with Crippen LogP contribution in [-0.4, -0.2) is 41.6 Å². The second-order valence-electron chi connectivity index (χ2n) is 9.44. The largest absolute Gasteiger partial charge is 0.382 e. The van der Waals surface area contributed by atoms with E-state index in [-0.39, 0.29) is 17.1 Å². The Kier molecular flexibility index (Phi) is 6.45. The van der Waals surface area contributed by atoms with Crippen LogP contribution in [0.15, 0.2) is 71.8 Å². The van der Waals surface area contributed by atoms with Crippen molar-refractivity contribution in [3.8, 4) is 11.8 Å². The lowest BCUT2D eigenvalue weighted by Crippen LogP contribution is -2.38. The highest BCUT2D eigenvalue weighted by molar-refractivity contribution is 5.97. The third-order valence-corrected chi connectivity index (χ3v) is 6.50. The number of aromatic nitrogens is 6. The van der Waals surface area contributed by atoms with Crippen LogP contribution in [0.25, 0.3) is 17.0 Å². The molecule has 0 saturated carbocycles. The Morgan fingerprint density at radius 2 is 1.95 bits per heavy atom. The molecule has 4 heterocycles. The van der Waals surface area contributed by atoms with E-state index >= 15 is 0 Å². The molecule has 1 amide bonds. The van der Waals surface area contributed by atoms with Crippen LogP contribution < -0.4 is 27.5 Å². The fourth-order valence-electron chi connectivity index (χ4n) is 4.60. The Balaban J connectivity index is 1.43. The van der Waals surface area contributed by atoms with Crippen molar-refractivity contribution in [3.05, 3.63) is 106 Å². The van der Waals surface area contributed by atoms with Gasteiger partial charge in [0.05, 0.1) is 34.4 Å². The zero-order valence-electron chi connectivity index (χ0n) is 22.3. The Labute approximate surface area is 234 Å². The first-order chi connectivity index (χ1) is 19.9. The molecule has 3 aromatic heterocycles. The van der Waals surface area contributed by atoms with E-state index in [9.17, 15) is 9.59 Å². The lowest BCUT2D eigenvalue weighted by molar-refractivity contribution is 0.0930. The lowest BCUT2D eigenvalue weighted by atomic mass is 10.1. The highest BCUT2D eigenvalue weighted by Gasteiger charge is 2.26. The average molecular weight is 547 g/mol. The van der Waals surface area contributed by atoms with Gasteiger partial charge in [0.2, 0.25) is 0 Å². The van der Waals surface area contributed by atoms with Crippen LogP contribution in [0.1, 0.15) is 46.2 Å². The van der Waals surface area contributed by atoms with Crippen molar-refractivity contribution in [2.75, 3.05) is 23.1 Å². The summed E-state index contributed by atoms with van der Waals surface area (Å²) in [6.45, 7) is 2.27. The number of benzene rings is 2. The number of carbonyl (C=O) groups is 1. The van der Waals surface area contributed by atoms with Gasteiger partial charge < -0.3 is 16.5 Å². The number of hydrogen-bond donors (Lipinski definition) is 4. The van der Waals surface area contributed by atoms with Crippen LogP contribution in [0.4, 0.5) is 11.5 Å². The number of nitrogen functional groups attached to an aromatic ring is 1. The number of amides is 1. The molecule has 0 aliphatic carbocycles. The van der Waals surface area contributed by atoms with Gasteiger partial charge in [0.25, 0.3) is 11.5 Å². The molecule has 0 spiro atoms. The molecule has 6 rings (SSSR count). The topological polar surface area (TPSA) is 150 Å². The van der Waals surface area contributed by atoms with E-state index in [1.807, 2.05) is 43.5 Å². The van der Waals surface area contributed by atoms with E-state index < -0.39 is 11.9 Å². The van der Waals surface area contributed by atoms with Gasteiger partial charge in [-0.3, -0.25) is 19.7 Å². The highest BCUT2D eigenvalue weighted by Crippen LogP contribution is 2.21. The van der Waals surface area contributed by atoms with Gasteiger partial charge in [-0.2, -0.15) is 5.10 Å². The summed E-state index contributed by atoms with van der Waals surface area (Å²) in [5.41, 5.74) is 14.5. The van der Waals surface area contributed by atoms with Gasteiger partial charge in [0, 0.05) is 25.4 Å². The molecular weight excluding hydrogens is 520 g/mol. The average Bonchev–Trinajstić information content (AvgIpc) is 3.55. The van der Waals surface area contributed by atoms with Gasteiger partial charge in [0.15, 0.2) is 23.2 Å². The molecule has 5 aromatic rings. The van der Waals surface area contributed by atoms with E-state index in [2.05, 4.69) is 38.1 Å². The van der Waals surface area contributed by atoms with E-state index in [1.54, 1.807) is 53.0 Å². The minimum Gasteiger partial charge on any atom is -0.382 e. The van der Waals surface area contributed by atoms with Crippen molar-refractivity contribution in [3.63, 3.8) is 0 Å². The zero-order chi connectivity index (χ0) is 28.5. The molecule has 1 aliphatic rings. The lowest BCUT2D eigenvalue weighted by Gasteiger charge is -2.21. The van der Waals surface area contributed by atoms with E-state index in [1.165, 1.54) is 4.68 Å². The molecule has 12 nitrogen and oxygen atoms in total. The van der Waals surface area contributed by atoms with Gasteiger partial charge in [-0.1, -0.05) is 42.2 Å². The maximum atomic E-state index is 14.1. The van der Waals surface area contributed by atoms with Gasteiger partial charge in [-0.05, 0) is 37.3 Å². The first-order valence-corrected chi connectivity index (χ1v) is 12.9.